The monoisotopic (exact) mass is 494 g/mol. The maximum atomic E-state index is 11.1. The Bertz CT molecular complexity index is 1410. The number of hydrogen-bond acceptors (Lipinski definition) is 2. The van der Waals surface area contributed by atoms with Crippen LogP contribution in [-0.2, 0) is 11.2 Å². The molecule has 192 valence electrons. The highest BCUT2D eigenvalue weighted by Crippen LogP contribution is 2.27. The number of aromatic amines is 2. The lowest BCUT2D eigenvalue weighted by Crippen LogP contribution is -2.03. The second-order valence-electron chi connectivity index (χ2n) is 10.6. The average molecular weight is 495 g/mol. The number of rotatable bonds is 3. The minimum absolute atomic E-state index is 0.107. The number of hydrogen-bond donors (Lipinski definition) is 3. The van der Waals surface area contributed by atoms with E-state index in [0.29, 0.717) is 24.2 Å². The molecule has 1 aliphatic rings. The van der Waals surface area contributed by atoms with Crippen LogP contribution in [0.5, 0.6) is 0 Å². The number of nitrogens with zero attached hydrogens (tertiary/aromatic N) is 1. The van der Waals surface area contributed by atoms with Crippen molar-refractivity contribution in [3.05, 3.63) is 95.3 Å². The molecule has 0 radical (unpaired) electrons. The summed E-state index contributed by atoms with van der Waals surface area (Å²) in [6.45, 7) is 13.1. The molecule has 0 atom stereocenters. The number of carbonyl (C=O) groups excluding carboxylic acids is 1. The minimum Gasteiger partial charge on any atom is -0.361 e. The first kappa shape index (κ1) is 26.2. The van der Waals surface area contributed by atoms with Crippen molar-refractivity contribution in [2.75, 3.05) is 5.32 Å². The van der Waals surface area contributed by atoms with Gasteiger partial charge in [0.2, 0.25) is 5.91 Å². The molecular weight excluding hydrogens is 456 g/mol. The highest BCUT2D eigenvalue weighted by molar-refractivity contribution is 5.99. The van der Waals surface area contributed by atoms with Gasteiger partial charge in [0.15, 0.2) is 0 Å². The van der Waals surface area contributed by atoms with E-state index in [9.17, 15) is 4.79 Å². The summed E-state index contributed by atoms with van der Waals surface area (Å²) in [5.41, 5.74) is 8.51. The quantitative estimate of drug-likeness (QED) is 0.236. The van der Waals surface area contributed by atoms with Gasteiger partial charge in [-0.3, -0.25) is 9.89 Å². The predicted molar refractivity (Wildman–Crippen MR) is 155 cm³/mol. The summed E-state index contributed by atoms with van der Waals surface area (Å²) in [7, 11) is 0. The van der Waals surface area contributed by atoms with Gasteiger partial charge >= 0.3 is 0 Å². The van der Waals surface area contributed by atoms with Gasteiger partial charge in [-0.1, -0.05) is 77.9 Å². The summed E-state index contributed by atoms with van der Waals surface area (Å²) >= 11 is 0. The molecule has 0 spiro atoms. The molecule has 3 N–H and O–H groups in total. The summed E-state index contributed by atoms with van der Waals surface area (Å²) < 4.78 is 0. The van der Waals surface area contributed by atoms with Crippen molar-refractivity contribution in [3.63, 3.8) is 0 Å². The van der Waals surface area contributed by atoms with Crippen molar-refractivity contribution in [2.24, 2.45) is 0 Å². The van der Waals surface area contributed by atoms with Gasteiger partial charge in [0.1, 0.15) is 0 Å². The first-order chi connectivity index (χ1) is 17.7. The fourth-order valence-electron chi connectivity index (χ4n) is 4.33. The molecule has 5 aromatic rings. The second-order valence-corrected chi connectivity index (χ2v) is 10.6. The summed E-state index contributed by atoms with van der Waals surface area (Å²) in [6, 6.07) is 21.3. The lowest BCUT2D eigenvalue weighted by atomic mass is 10.0. The van der Waals surface area contributed by atoms with Gasteiger partial charge in [0.05, 0.1) is 18.1 Å². The van der Waals surface area contributed by atoms with Crippen LogP contribution in [0, 0.1) is 0 Å². The van der Waals surface area contributed by atoms with Crippen LogP contribution >= 0.6 is 0 Å². The van der Waals surface area contributed by atoms with Crippen molar-refractivity contribution < 1.29 is 4.79 Å². The molecule has 2 aromatic heterocycles. The number of amides is 1. The Hall–Kier alpha value is -3.86. The van der Waals surface area contributed by atoms with Gasteiger partial charge < -0.3 is 10.3 Å². The smallest absolute Gasteiger partial charge is 0.228 e. The zero-order chi connectivity index (χ0) is 26.5. The Morgan fingerprint density at radius 3 is 1.97 bits per heavy atom. The fourth-order valence-corrected chi connectivity index (χ4v) is 4.33. The summed E-state index contributed by atoms with van der Waals surface area (Å²) in [4.78, 5) is 14.3. The van der Waals surface area contributed by atoms with Crippen LogP contribution in [0.2, 0.25) is 0 Å². The van der Waals surface area contributed by atoms with Gasteiger partial charge in [-0.2, -0.15) is 5.10 Å². The topological polar surface area (TPSA) is 73.6 Å². The van der Waals surface area contributed by atoms with E-state index in [-0.39, 0.29) is 5.91 Å². The van der Waals surface area contributed by atoms with Crippen LogP contribution in [0.15, 0.2) is 73.1 Å². The average Bonchev–Trinajstić information content (AvgIpc) is 3.61. The molecule has 0 aliphatic carbocycles. The third-order valence-corrected chi connectivity index (χ3v) is 6.80. The van der Waals surface area contributed by atoms with Gasteiger partial charge in [-0.15, -0.1) is 0 Å². The highest BCUT2D eigenvalue weighted by Gasteiger charge is 2.17. The maximum Gasteiger partial charge on any atom is 0.228 e. The van der Waals surface area contributed by atoms with E-state index in [4.69, 9.17) is 0 Å². The molecule has 1 amide bonds. The largest absolute Gasteiger partial charge is 0.361 e. The molecule has 0 unspecified atom stereocenters. The highest BCUT2D eigenvalue weighted by atomic mass is 16.1. The summed E-state index contributed by atoms with van der Waals surface area (Å²) in [6.07, 6.45) is 4.36. The molecule has 3 heterocycles. The van der Waals surface area contributed by atoms with E-state index in [1.54, 1.807) is 0 Å². The van der Waals surface area contributed by atoms with Crippen LogP contribution < -0.4 is 5.32 Å². The van der Waals surface area contributed by atoms with E-state index >= 15 is 0 Å². The van der Waals surface area contributed by atoms with Gasteiger partial charge in [0, 0.05) is 22.8 Å². The Labute approximate surface area is 219 Å². The Morgan fingerprint density at radius 1 is 0.703 bits per heavy atom. The first-order valence-corrected chi connectivity index (χ1v) is 13.1. The second kappa shape index (κ2) is 11.5. The molecule has 3 aromatic carbocycles. The molecule has 37 heavy (non-hydrogen) atoms. The molecular formula is C32H38N4O. The minimum atomic E-state index is 0.107. The predicted octanol–water partition coefficient (Wildman–Crippen LogP) is 8.28. The number of anilines is 1. The Balaban J connectivity index is 0.000000130. The Morgan fingerprint density at radius 2 is 1.30 bits per heavy atom. The van der Waals surface area contributed by atoms with Gasteiger partial charge in [-0.25, -0.2) is 0 Å². The fraction of sp³-hybridized carbons (Fsp3) is 0.312. The SMILES string of the molecule is CC(C)c1ccc2c(c1)NC(=O)C2.CC(C)c1ccc2cc[nH]c2c1.CC(C)c1ccc2cn[nH]c2c1. The number of benzene rings is 3. The number of fused-ring (bicyclic) bond motifs is 3. The Kier molecular flexibility index (Phi) is 8.12. The number of nitrogens with one attached hydrogen (secondary N) is 3. The normalized spacial score (nSPS) is 12.4. The van der Waals surface area contributed by atoms with Crippen LogP contribution in [0.4, 0.5) is 5.69 Å². The standard InChI is InChI=1S/C11H13NO.C11H13N.C10H12N2/c1-7(2)8-3-4-9-6-11(13)12-10(9)5-8;1-8(2)10-4-3-9-5-6-12-11(9)7-10;1-7(2)8-3-4-9-6-11-12-10(9)5-8/h3-5,7H,6H2,1-2H3,(H,12,13);3-8,12H,1-2H3;3-7H,1-2H3,(H,11,12). The maximum absolute atomic E-state index is 11.1. The van der Waals surface area contributed by atoms with E-state index in [2.05, 4.69) is 117 Å². The van der Waals surface area contributed by atoms with Crippen molar-refractivity contribution >= 4 is 33.4 Å². The molecule has 1 aliphatic heterocycles. The molecule has 6 rings (SSSR count). The van der Waals surface area contributed by atoms with Crippen molar-refractivity contribution in [1.82, 2.24) is 15.2 Å². The van der Waals surface area contributed by atoms with Gasteiger partial charge in [0.25, 0.3) is 0 Å². The molecule has 0 fully saturated rings. The van der Waals surface area contributed by atoms with Crippen molar-refractivity contribution in [2.45, 2.75) is 65.7 Å². The molecule has 5 nitrogen and oxygen atoms in total. The number of H-pyrrole nitrogens is 2. The molecule has 0 saturated carbocycles. The van der Waals surface area contributed by atoms with Crippen molar-refractivity contribution in [1.29, 1.82) is 0 Å². The summed E-state index contributed by atoms with van der Waals surface area (Å²) in [5, 5.41) is 12.3. The van der Waals surface area contributed by atoms with Crippen LogP contribution in [0.3, 0.4) is 0 Å². The lowest BCUT2D eigenvalue weighted by molar-refractivity contribution is -0.115. The van der Waals surface area contributed by atoms with E-state index in [1.165, 1.54) is 33.0 Å². The molecule has 0 bridgehead atoms. The third kappa shape index (κ3) is 6.48. The molecule has 0 saturated heterocycles. The zero-order valence-corrected chi connectivity index (χ0v) is 22.7. The number of aromatic nitrogens is 3. The zero-order valence-electron chi connectivity index (χ0n) is 22.7. The van der Waals surface area contributed by atoms with E-state index in [1.807, 2.05) is 18.5 Å². The van der Waals surface area contributed by atoms with Crippen LogP contribution in [0.1, 0.15) is 81.5 Å². The number of carbonyl (C=O) groups is 1. The third-order valence-electron chi connectivity index (χ3n) is 6.80. The first-order valence-electron chi connectivity index (χ1n) is 13.1. The van der Waals surface area contributed by atoms with Crippen LogP contribution in [0.25, 0.3) is 21.8 Å². The molecule has 5 heteroatoms. The summed E-state index contributed by atoms with van der Waals surface area (Å²) in [5.74, 6) is 1.81. The van der Waals surface area contributed by atoms with Crippen molar-refractivity contribution in [3.8, 4) is 0 Å². The van der Waals surface area contributed by atoms with Gasteiger partial charge in [-0.05, 0) is 69.7 Å². The lowest BCUT2D eigenvalue weighted by Gasteiger charge is -2.06. The van der Waals surface area contributed by atoms with E-state index in [0.717, 1.165) is 16.8 Å². The van der Waals surface area contributed by atoms with Crippen LogP contribution in [-0.4, -0.2) is 21.1 Å². The van der Waals surface area contributed by atoms with E-state index < -0.39 is 0 Å².